The monoisotopic (exact) mass is 325 g/mol. The lowest BCUT2D eigenvalue weighted by Gasteiger charge is -2.05. The van der Waals surface area contributed by atoms with Gasteiger partial charge in [0.15, 0.2) is 0 Å². The van der Waals surface area contributed by atoms with Crippen LogP contribution in [0.25, 0.3) is 6.08 Å². The van der Waals surface area contributed by atoms with Crippen molar-refractivity contribution in [1.29, 1.82) is 0 Å². The molecule has 0 aliphatic heterocycles. The Labute approximate surface area is 143 Å². The van der Waals surface area contributed by atoms with Crippen molar-refractivity contribution in [2.75, 3.05) is 18.5 Å². The quantitative estimate of drug-likeness (QED) is 0.726. The minimum absolute atomic E-state index is 0.175. The van der Waals surface area contributed by atoms with Crippen LogP contribution in [0.5, 0.6) is 11.5 Å². The Bertz CT molecular complexity index is 660. The Morgan fingerprint density at radius 2 is 1.58 bits per heavy atom. The van der Waals surface area contributed by atoms with Crippen LogP contribution in [0.15, 0.2) is 54.6 Å². The smallest absolute Gasteiger partial charge is 0.248 e. The van der Waals surface area contributed by atoms with Crippen molar-refractivity contribution in [3.05, 3.63) is 60.2 Å². The summed E-state index contributed by atoms with van der Waals surface area (Å²) < 4.78 is 10.9. The van der Waals surface area contributed by atoms with Crippen LogP contribution in [-0.2, 0) is 4.79 Å². The number of carbonyl (C=O) groups is 1. The molecule has 0 atom stereocenters. The van der Waals surface area contributed by atoms with Gasteiger partial charge in [0.1, 0.15) is 11.5 Å². The van der Waals surface area contributed by atoms with Crippen molar-refractivity contribution in [2.24, 2.45) is 0 Å². The number of hydrogen-bond donors (Lipinski definition) is 1. The topological polar surface area (TPSA) is 47.6 Å². The summed E-state index contributed by atoms with van der Waals surface area (Å²) in [7, 11) is 0. The third kappa shape index (κ3) is 5.80. The number of amides is 1. The number of ether oxygens (including phenoxy) is 2. The highest BCUT2D eigenvalue weighted by molar-refractivity contribution is 6.01. The van der Waals surface area contributed by atoms with E-state index in [1.807, 2.05) is 55.5 Å². The predicted molar refractivity (Wildman–Crippen MR) is 97.5 cm³/mol. The number of anilines is 1. The molecule has 1 amide bonds. The zero-order valence-corrected chi connectivity index (χ0v) is 14.1. The zero-order chi connectivity index (χ0) is 17.2. The summed E-state index contributed by atoms with van der Waals surface area (Å²) in [4.78, 5) is 12.0. The first-order chi connectivity index (χ1) is 11.7. The van der Waals surface area contributed by atoms with E-state index in [2.05, 4.69) is 12.2 Å². The average molecular weight is 325 g/mol. The lowest BCUT2D eigenvalue weighted by molar-refractivity contribution is -0.111. The maximum Gasteiger partial charge on any atom is 0.248 e. The summed E-state index contributed by atoms with van der Waals surface area (Å²) in [6, 6.07) is 14.9. The third-order valence-electron chi connectivity index (χ3n) is 3.21. The molecular formula is C20H23NO3. The van der Waals surface area contributed by atoms with Crippen LogP contribution in [0.1, 0.15) is 25.8 Å². The minimum atomic E-state index is -0.175. The normalized spacial score (nSPS) is 10.6. The lowest BCUT2D eigenvalue weighted by atomic mass is 10.2. The molecule has 0 aliphatic carbocycles. The number of rotatable bonds is 8. The molecule has 24 heavy (non-hydrogen) atoms. The maximum absolute atomic E-state index is 12.0. The molecule has 2 aromatic rings. The summed E-state index contributed by atoms with van der Waals surface area (Å²) in [6.45, 7) is 5.33. The van der Waals surface area contributed by atoms with Gasteiger partial charge < -0.3 is 14.8 Å². The van der Waals surface area contributed by atoms with E-state index in [0.29, 0.717) is 13.2 Å². The SMILES string of the molecule is CCCOc1ccc(/C=C/C(=O)Nc2ccc(OCC)cc2)cc1. The van der Waals surface area contributed by atoms with E-state index in [-0.39, 0.29) is 5.91 Å². The van der Waals surface area contributed by atoms with Gasteiger partial charge >= 0.3 is 0 Å². The first-order valence-corrected chi connectivity index (χ1v) is 8.16. The molecule has 0 heterocycles. The van der Waals surface area contributed by atoms with Crippen molar-refractivity contribution < 1.29 is 14.3 Å². The highest BCUT2D eigenvalue weighted by Crippen LogP contribution is 2.16. The number of nitrogens with one attached hydrogen (secondary N) is 1. The Hall–Kier alpha value is -2.75. The summed E-state index contributed by atoms with van der Waals surface area (Å²) >= 11 is 0. The van der Waals surface area contributed by atoms with Crippen molar-refractivity contribution in [3.63, 3.8) is 0 Å². The standard InChI is InChI=1S/C20H23NO3/c1-3-15-24-19-10-5-16(6-11-19)7-14-20(22)21-17-8-12-18(13-9-17)23-4-2/h5-14H,3-4,15H2,1-2H3,(H,21,22)/b14-7+. The van der Waals surface area contributed by atoms with Gasteiger partial charge in [-0.3, -0.25) is 4.79 Å². The summed E-state index contributed by atoms with van der Waals surface area (Å²) in [5.41, 5.74) is 1.68. The molecular weight excluding hydrogens is 302 g/mol. The van der Waals surface area contributed by atoms with E-state index in [1.54, 1.807) is 6.08 Å². The summed E-state index contributed by atoms with van der Waals surface area (Å²) in [6.07, 6.45) is 4.26. The predicted octanol–water partition coefficient (Wildman–Crippen LogP) is 4.53. The second kappa shape index (κ2) is 9.40. The number of benzene rings is 2. The Balaban J connectivity index is 1.87. The molecule has 0 radical (unpaired) electrons. The molecule has 2 aromatic carbocycles. The van der Waals surface area contributed by atoms with E-state index in [0.717, 1.165) is 29.2 Å². The highest BCUT2D eigenvalue weighted by atomic mass is 16.5. The highest BCUT2D eigenvalue weighted by Gasteiger charge is 1.99. The van der Waals surface area contributed by atoms with Gasteiger partial charge in [0.2, 0.25) is 5.91 Å². The van der Waals surface area contributed by atoms with Crippen LogP contribution < -0.4 is 14.8 Å². The molecule has 4 heteroatoms. The second-order valence-corrected chi connectivity index (χ2v) is 5.20. The van der Waals surface area contributed by atoms with Crippen LogP contribution in [0.4, 0.5) is 5.69 Å². The van der Waals surface area contributed by atoms with E-state index in [9.17, 15) is 4.79 Å². The molecule has 1 N–H and O–H groups in total. The fraction of sp³-hybridized carbons (Fsp3) is 0.250. The molecule has 4 nitrogen and oxygen atoms in total. The van der Waals surface area contributed by atoms with Gasteiger partial charge in [-0.1, -0.05) is 19.1 Å². The third-order valence-corrected chi connectivity index (χ3v) is 3.21. The van der Waals surface area contributed by atoms with E-state index in [4.69, 9.17) is 9.47 Å². The molecule has 2 rings (SSSR count). The molecule has 0 saturated carbocycles. The van der Waals surface area contributed by atoms with Gasteiger partial charge in [-0.25, -0.2) is 0 Å². The molecule has 0 saturated heterocycles. The Morgan fingerprint density at radius 3 is 2.21 bits per heavy atom. The average Bonchev–Trinajstić information content (AvgIpc) is 2.61. The first-order valence-electron chi connectivity index (χ1n) is 8.16. The summed E-state index contributed by atoms with van der Waals surface area (Å²) in [5.74, 6) is 1.45. The Morgan fingerprint density at radius 1 is 0.958 bits per heavy atom. The summed E-state index contributed by atoms with van der Waals surface area (Å²) in [5, 5.41) is 2.81. The van der Waals surface area contributed by atoms with Crippen LogP contribution >= 0.6 is 0 Å². The van der Waals surface area contributed by atoms with Crippen molar-refractivity contribution >= 4 is 17.7 Å². The molecule has 0 aromatic heterocycles. The fourth-order valence-electron chi connectivity index (χ4n) is 2.05. The Kier molecular flexibility index (Phi) is 6.90. The van der Waals surface area contributed by atoms with Crippen LogP contribution in [0, 0.1) is 0 Å². The number of carbonyl (C=O) groups excluding carboxylic acids is 1. The van der Waals surface area contributed by atoms with Gasteiger partial charge in [-0.15, -0.1) is 0 Å². The van der Waals surface area contributed by atoms with Crippen LogP contribution in [0.3, 0.4) is 0 Å². The lowest BCUT2D eigenvalue weighted by Crippen LogP contribution is -2.07. The van der Waals surface area contributed by atoms with E-state index >= 15 is 0 Å². The molecule has 0 fully saturated rings. The molecule has 0 unspecified atom stereocenters. The van der Waals surface area contributed by atoms with E-state index in [1.165, 1.54) is 6.08 Å². The van der Waals surface area contributed by atoms with Crippen LogP contribution in [0.2, 0.25) is 0 Å². The van der Waals surface area contributed by atoms with Gasteiger partial charge in [0.25, 0.3) is 0 Å². The molecule has 0 bridgehead atoms. The minimum Gasteiger partial charge on any atom is -0.494 e. The molecule has 0 spiro atoms. The van der Waals surface area contributed by atoms with Gasteiger partial charge in [-0.2, -0.15) is 0 Å². The molecule has 0 aliphatic rings. The van der Waals surface area contributed by atoms with Gasteiger partial charge in [0.05, 0.1) is 13.2 Å². The van der Waals surface area contributed by atoms with Crippen molar-refractivity contribution in [1.82, 2.24) is 0 Å². The first kappa shape index (κ1) is 17.6. The molecule has 126 valence electrons. The zero-order valence-electron chi connectivity index (χ0n) is 14.1. The van der Waals surface area contributed by atoms with Crippen molar-refractivity contribution in [2.45, 2.75) is 20.3 Å². The second-order valence-electron chi connectivity index (χ2n) is 5.20. The largest absolute Gasteiger partial charge is 0.494 e. The van der Waals surface area contributed by atoms with Crippen molar-refractivity contribution in [3.8, 4) is 11.5 Å². The van der Waals surface area contributed by atoms with Gasteiger partial charge in [-0.05, 0) is 61.4 Å². The fourth-order valence-corrected chi connectivity index (χ4v) is 2.05. The number of hydrogen-bond acceptors (Lipinski definition) is 3. The van der Waals surface area contributed by atoms with Crippen LogP contribution in [-0.4, -0.2) is 19.1 Å². The van der Waals surface area contributed by atoms with Gasteiger partial charge in [0, 0.05) is 11.8 Å². The maximum atomic E-state index is 12.0. The van der Waals surface area contributed by atoms with E-state index < -0.39 is 0 Å².